The van der Waals surface area contributed by atoms with Gasteiger partial charge in [0.25, 0.3) is 0 Å². The maximum Gasteiger partial charge on any atom is 0.416 e. The number of carbonyl (C=O) groups excluding carboxylic acids is 1. The number of benzene rings is 3. The molecular weight excluding hydrogens is 341 g/mol. The van der Waals surface area contributed by atoms with Crippen molar-refractivity contribution in [3.05, 3.63) is 90.5 Å². The van der Waals surface area contributed by atoms with Crippen LogP contribution in [-0.2, 0) is 6.18 Å². The molecule has 0 saturated carbocycles. The minimum Gasteiger partial charge on any atom is -0.307 e. The first-order valence-electron chi connectivity index (χ1n) is 7.83. The highest BCUT2D eigenvalue weighted by Crippen LogP contribution is 2.31. The summed E-state index contributed by atoms with van der Waals surface area (Å²) < 4.78 is 38.6. The Hall–Kier alpha value is -3.28. The van der Waals surface area contributed by atoms with Crippen molar-refractivity contribution in [3.63, 3.8) is 0 Å². The van der Waals surface area contributed by atoms with E-state index in [4.69, 9.17) is 0 Å². The average molecular weight is 356 g/mol. The largest absolute Gasteiger partial charge is 0.416 e. The third-order valence-electron chi connectivity index (χ3n) is 3.67. The van der Waals surface area contributed by atoms with Crippen molar-refractivity contribution in [1.29, 1.82) is 0 Å². The Bertz CT molecular complexity index is 841. The number of hydrogen-bond acceptors (Lipinski definition) is 1. The molecule has 0 radical (unpaired) electrons. The van der Waals surface area contributed by atoms with Crippen molar-refractivity contribution in [2.24, 2.45) is 0 Å². The van der Waals surface area contributed by atoms with Crippen LogP contribution >= 0.6 is 0 Å². The normalized spacial score (nSPS) is 11.0. The van der Waals surface area contributed by atoms with Gasteiger partial charge in [-0.3, -0.25) is 4.90 Å². The minimum atomic E-state index is -4.47. The summed E-state index contributed by atoms with van der Waals surface area (Å²) in [6, 6.07) is 21.7. The van der Waals surface area contributed by atoms with E-state index in [1.165, 1.54) is 17.0 Å². The molecule has 1 N–H and O–H groups in total. The summed E-state index contributed by atoms with van der Waals surface area (Å²) in [7, 11) is 0. The smallest absolute Gasteiger partial charge is 0.307 e. The molecule has 26 heavy (non-hydrogen) atoms. The van der Waals surface area contributed by atoms with Crippen LogP contribution in [0.2, 0.25) is 0 Å². The molecule has 6 heteroatoms. The lowest BCUT2D eigenvalue weighted by atomic mass is 10.2. The Kier molecular flexibility index (Phi) is 4.93. The molecule has 0 spiro atoms. The molecule has 0 bridgehead atoms. The summed E-state index contributed by atoms with van der Waals surface area (Å²) in [5, 5.41) is 2.54. The molecule has 0 heterocycles. The standard InChI is InChI=1S/C20H15F3N2O/c21-20(22,23)15-8-7-9-16(14-15)24-19(26)25(17-10-3-1-4-11-17)18-12-5-2-6-13-18/h1-14H,(H,24,26). The van der Waals surface area contributed by atoms with E-state index in [2.05, 4.69) is 5.32 Å². The fraction of sp³-hybridized carbons (Fsp3) is 0.0500. The number of halogens is 3. The third-order valence-corrected chi connectivity index (χ3v) is 3.67. The molecule has 0 fully saturated rings. The third kappa shape index (κ3) is 4.03. The van der Waals surface area contributed by atoms with E-state index in [1.54, 1.807) is 48.5 Å². The Morgan fingerprint density at radius 3 is 1.81 bits per heavy atom. The van der Waals surface area contributed by atoms with Gasteiger partial charge < -0.3 is 5.32 Å². The van der Waals surface area contributed by atoms with E-state index in [0.717, 1.165) is 12.1 Å². The van der Waals surface area contributed by atoms with Gasteiger partial charge in [0.05, 0.1) is 16.9 Å². The van der Waals surface area contributed by atoms with Crippen LogP contribution in [-0.4, -0.2) is 6.03 Å². The average Bonchev–Trinajstić information content (AvgIpc) is 2.63. The van der Waals surface area contributed by atoms with Crippen molar-refractivity contribution in [1.82, 2.24) is 0 Å². The van der Waals surface area contributed by atoms with E-state index < -0.39 is 17.8 Å². The van der Waals surface area contributed by atoms with Crippen LogP contribution in [0.4, 0.5) is 35.0 Å². The fourth-order valence-corrected chi connectivity index (χ4v) is 2.49. The van der Waals surface area contributed by atoms with Crippen molar-refractivity contribution in [2.75, 3.05) is 10.2 Å². The Morgan fingerprint density at radius 1 is 0.769 bits per heavy atom. The lowest BCUT2D eigenvalue weighted by Crippen LogP contribution is -2.30. The lowest BCUT2D eigenvalue weighted by molar-refractivity contribution is -0.137. The monoisotopic (exact) mass is 356 g/mol. The van der Waals surface area contributed by atoms with Crippen LogP contribution < -0.4 is 10.2 Å². The molecule has 3 aromatic carbocycles. The highest BCUT2D eigenvalue weighted by Gasteiger charge is 2.30. The van der Waals surface area contributed by atoms with E-state index in [0.29, 0.717) is 11.4 Å². The summed E-state index contributed by atoms with van der Waals surface area (Å²) in [6.07, 6.45) is -4.47. The molecule has 132 valence electrons. The van der Waals surface area contributed by atoms with Gasteiger partial charge in [-0.05, 0) is 42.5 Å². The zero-order chi connectivity index (χ0) is 18.6. The van der Waals surface area contributed by atoms with Gasteiger partial charge in [-0.15, -0.1) is 0 Å². The maximum absolute atomic E-state index is 12.9. The second kappa shape index (κ2) is 7.31. The number of amides is 2. The number of carbonyl (C=O) groups is 1. The number of rotatable bonds is 3. The summed E-state index contributed by atoms with van der Waals surface area (Å²) in [6.45, 7) is 0. The number of alkyl halides is 3. The second-order valence-electron chi connectivity index (χ2n) is 5.52. The molecule has 0 saturated heterocycles. The SMILES string of the molecule is O=C(Nc1cccc(C(F)(F)F)c1)N(c1ccccc1)c1ccccc1. The van der Waals surface area contributed by atoms with Gasteiger partial charge in [-0.1, -0.05) is 42.5 Å². The van der Waals surface area contributed by atoms with Crippen LogP contribution in [0.5, 0.6) is 0 Å². The molecule has 0 aromatic heterocycles. The zero-order valence-electron chi connectivity index (χ0n) is 13.6. The molecule has 0 unspecified atom stereocenters. The van der Waals surface area contributed by atoms with Gasteiger partial charge in [0.2, 0.25) is 0 Å². The van der Waals surface area contributed by atoms with Crippen molar-refractivity contribution >= 4 is 23.1 Å². The molecular formula is C20H15F3N2O. The first-order valence-corrected chi connectivity index (χ1v) is 7.83. The predicted octanol–water partition coefficient (Wildman–Crippen LogP) is 6.08. The predicted molar refractivity (Wildman–Crippen MR) is 95.5 cm³/mol. The Balaban J connectivity index is 1.92. The van der Waals surface area contributed by atoms with Crippen molar-refractivity contribution in [3.8, 4) is 0 Å². The first-order chi connectivity index (χ1) is 12.4. The van der Waals surface area contributed by atoms with Crippen LogP contribution in [0.3, 0.4) is 0 Å². The van der Waals surface area contributed by atoms with Crippen LogP contribution in [0.15, 0.2) is 84.9 Å². The van der Waals surface area contributed by atoms with Crippen molar-refractivity contribution in [2.45, 2.75) is 6.18 Å². The molecule has 0 aliphatic heterocycles. The van der Waals surface area contributed by atoms with E-state index in [-0.39, 0.29) is 5.69 Å². The Labute approximate surface area is 148 Å². The lowest BCUT2D eigenvalue weighted by Gasteiger charge is -2.23. The number of nitrogens with zero attached hydrogens (tertiary/aromatic N) is 1. The number of urea groups is 1. The van der Waals surface area contributed by atoms with Gasteiger partial charge in [0.1, 0.15) is 0 Å². The molecule has 2 amide bonds. The van der Waals surface area contributed by atoms with Gasteiger partial charge in [-0.2, -0.15) is 13.2 Å². The number of para-hydroxylation sites is 2. The molecule has 0 atom stereocenters. The topological polar surface area (TPSA) is 32.3 Å². The summed E-state index contributed by atoms with van der Waals surface area (Å²) >= 11 is 0. The van der Waals surface area contributed by atoms with E-state index in [1.807, 2.05) is 12.1 Å². The number of hydrogen-bond donors (Lipinski definition) is 1. The molecule has 3 aromatic rings. The van der Waals surface area contributed by atoms with Crippen molar-refractivity contribution < 1.29 is 18.0 Å². The number of nitrogens with one attached hydrogen (secondary N) is 1. The minimum absolute atomic E-state index is 0.0710. The zero-order valence-corrected chi connectivity index (χ0v) is 13.6. The molecule has 3 rings (SSSR count). The van der Waals surface area contributed by atoms with Gasteiger partial charge in [-0.25, -0.2) is 4.79 Å². The molecule has 0 aliphatic carbocycles. The van der Waals surface area contributed by atoms with Gasteiger partial charge in [0, 0.05) is 5.69 Å². The summed E-state index contributed by atoms with van der Waals surface area (Å²) in [5.41, 5.74) is 0.453. The fourth-order valence-electron chi connectivity index (χ4n) is 2.49. The van der Waals surface area contributed by atoms with E-state index >= 15 is 0 Å². The second-order valence-corrected chi connectivity index (χ2v) is 5.52. The van der Waals surface area contributed by atoms with Gasteiger partial charge >= 0.3 is 12.2 Å². The van der Waals surface area contributed by atoms with Crippen LogP contribution in [0.25, 0.3) is 0 Å². The van der Waals surface area contributed by atoms with E-state index in [9.17, 15) is 18.0 Å². The summed E-state index contributed by atoms with van der Waals surface area (Å²) in [4.78, 5) is 14.2. The first kappa shape index (κ1) is 17.5. The molecule has 3 nitrogen and oxygen atoms in total. The maximum atomic E-state index is 12.9. The summed E-state index contributed by atoms with van der Waals surface area (Å²) in [5.74, 6) is 0. The highest BCUT2D eigenvalue weighted by atomic mass is 19.4. The highest BCUT2D eigenvalue weighted by molar-refractivity contribution is 6.07. The molecule has 0 aliphatic rings. The quantitative estimate of drug-likeness (QED) is 0.606. The van der Waals surface area contributed by atoms with Crippen LogP contribution in [0, 0.1) is 0 Å². The Morgan fingerprint density at radius 2 is 1.31 bits per heavy atom. The van der Waals surface area contributed by atoms with Gasteiger partial charge in [0.15, 0.2) is 0 Å². The number of anilines is 3. The van der Waals surface area contributed by atoms with Crippen LogP contribution in [0.1, 0.15) is 5.56 Å².